The third-order valence-corrected chi connectivity index (χ3v) is 19.5. The van der Waals surface area contributed by atoms with Gasteiger partial charge in [0.2, 0.25) is 0 Å². The summed E-state index contributed by atoms with van der Waals surface area (Å²) in [5, 5.41) is 12.7. The van der Waals surface area contributed by atoms with E-state index in [1.54, 1.807) is 11.1 Å². The van der Waals surface area contributed by atoms with Crippen LogP contribution >= 0.6 is 0 Å². The number of hydrogen-bond acceptors (Lipinski definition) is 4. The minimum Gasteiger partial charge on any atom is -0.208 e. The van der Waals surface area contributed by atoms with Crippen molar-refractivity contribution in [3.05, 3.63) is 174 Å². The second-order valence-electron chi connectivity index (χ2n) is 19.5. The Bertz CT molecular complexity index is 3150. The van der Waals surface area contributed by atoms with Crippen molar-refractivity contribution in [3.63, 3.8) is 0 Å². The van der Waals surface area contributed by atoms with Gasteiger partial charge in [-0.15, -0.1) is 0 Å². The summed E-state index contributed by atoms with van der Waals surface area (Å²) in [6.07, 6.45) is 6.73. The number of fused-ring (bicyclic) bond motifs is 6. The summed E-state index contributed by atoms with van der Waals surface area (Å²) in [7, 11) is -1.98. The summed E-state index contributed by atoms with van der Waals surface area (Å²) in [6.45, 7) is 4.97. The number of nitrogens with zero attached hydrogens (tertiary/aromatic N) is 4. The smallest absolute Gasteiger partial charge is 0.164 e. The number of aromatic nitrogens is 3. The SMILES string of the molecule is C[Si]1(C)c2ccc(C#N)cc2-c2ccc(-c3cccc4c3C3(c5cc(-c6cccc(-c7nc(-c8ccccc8)nc(-c8ccccc8)n7)c6)ccc5-4)C4CC5CC(C4)CC3C5)cc21. The highest BCUT2D eigenvalue weighted by Crippen LogP contribution is 2.70. The fraction of sp³-hybridized carbons (Fsp3) is 0.207. The molecule has 0 amide bonds. The third kappa shape index (κ3) is 5.41. The molecule has 8 aromatic rings. The Morgan fingerprint density at radius 1 is 0.460 bits per heavy atom. The lowest BCUT2D eigenvalue weighted by Crippen LogP contribution is -2.55. The summed E-state index contributed by atoms with van der Waals surface area (Å²) in [5.74, 6) is 4.98. The van der Waals surface area contributed by atoms with Crippen LogP contribution in [0.2, 0.25) is 13.1 Å². The summed E-state index contributed by atoms with van der Waals surface area (Å²) >= 11 is 0. The van der Waals surface area contributed by atoms with E-state index in [4.69, 9.17) is 15.0 Å². The summed E-state index contributed by atoms with van der Waals surface area (Å²) < 4.78 is 0. The van der Waals surface area contributed by atoms with Crippen LogP contribution in [0.3, 0.4) is 0 Å². The minimum atomic E-state index is -1.98. The molecule has 2 heterocycles. The zero-order valence-corrected chi connectivity index (χ0v) is 36.6. The van der Waals surface area contributed by atoms with Crippen LogP contribution in [0.15, 0.2) is 158 Å². The van der Waals surface area contributed by atoms with E-state index in [0.717, 1.165) is 34.1 Å². The van der Waals surface area contributed by atoms with Gasteiger partial charge in [-0.3, -0.25) is 0 Å². The van der Waals surface area contributed by atoms with Crippen molar-refractivity contribution in [3.8, 4) is 84.7 Å². The molecule has 0 unspecified atom stereocenters. The van der Waals surface area contributed by atoms with E-state index >= 15 is 0 Å². The minimum absolute atomic E-state index is 0.0255. The molecule has 14 rings (SSSR count). The van der Waals surface area contributed by atoms with Crippen LogP contribution < -0.4 is 10.4 Å². The van der Waals surface area contributed by atoms with Gasteiger partial charge >= 0.3 is 0 Å². The van der Waals surface area contributed by atoms with Gasteiger partial charge in [-0.05, 0) is 146 Å². The number of benzene rings is 7. The van der Waals surface area contributed by atoms with Crippen LogP contribution in [0.4, 0.5) is 0 Å². The second-order valence-corrected chi connectivity index (χ2v) is 23.9. The standard InChI is InChI=1S/C58H46N4Si/c1-63(2)52-24-19-35(34-59)30-50(52)48-23-21-42(33-53(48)63)46-17-10-18-49-47-22-20-41(32-51(47)58(54(46)49)44-26-36-25-37(28-44)29-45(58)27-36)40-15-9-16-43(31-40)57-61-55(38-11-5-3-6-12-38)60-56(62-57)39-13-7-4-8-14-39/h3-24,30-33,36-37,44-45H,25-29H2,1-2H3. The molecule has 0 radical (unpaired) electrons. The molecule has 5 aliphatic carbocycles. The average molecular weight is 827 g/mol. The van der Waals surface area contributed by atoms with Crippen molar-refractivity contribution in [1.82, 2.24) is 15.0 Å². The highest BCUT2D eigenvalue weighted by molar-refractivity contribution is 7.03. The molecule has 6 aliphatic rings. The van der Waals surface area contributed by atoms with Crippen molar-refractivity contribution in [2.45, 2.75) is 50.6 Å². The molecule has 1 aromatic heterocycles. The van der Waals surface area contributed by atoms with Gasteiger partial charge in [0, 0.05) is 22.1 Å². The zero-order valence-electron chi connectivity index (χ0n) is 35.6. The molecular weight excluding hydrogens is 781 g/mol. The molecule has 1 spiro atoms. The fourth-order valence-electron chi connectivity index (χ4n) is 13.4. The highest BCUT2D eigenvalue weighted by Gasteiger charge is 2.62. The van der Waals surface area contributed by atoms with Crippen LogP contribution in [0.25, 0.3) is 78.7 Å². The third-order valence-electron chi connectivity index (χ3n) is 15.9. The number of rotatable bonds is 5. The van der Waals surface area contributed by atoms with Gasteiger partial charge in [0.15, 0.2) is 17.5 Å². The molecule has 0 N–H and O–H groups in total. The molecule has 5 heteroatoms. The van der Waals surface area contributed by atoms with Gasteiger partial charge < -0.3 is 0 Å². The summed E-state index contributed by atoms with van der Waals surface area (Å²) in [5.41, 5.74) is 17.4. The maximum absolute atomic E-state index is 9.80. The van der Waals surface area contributed by atoms with E-state index in [1.807, 2.05) is 42.5 Å². The van der Waals surface area contributed by atoms with Gasteiger partial charge in [-0.2, -0.15) is 5.26 Å². The molecule has 0 atom stereocenters. The van der Waals surface area contributed by atoms with Crippen LogP contribution in [-0.4, -0.2) is 23.0 Å². The first-order chi connectivity index (χ1) is 30.9. The second kappa shape index (κ2) is 13.6. The van der Waals surface area contributed by atoms with Crippen LogP contribution in [0, 0.1) is 35.0 Å². The van der Waals surface area contributed by atoms with Gasteiger partial charge in [0.25, 0.3) is 0 Å². The van der Waals surface area contributed by atoms with Crippen molar-refractivity contribution in [2.75, 3.05) is 0 Å². The summed E-state index contributed by atoms with van der Waals surface area (Å²) in [6, 6.07) is 60.0. The van der Waals surface area contributed by atoms with E-state index < -0.39 is 8.07 Å². The van der Waals surface area contributed by atoms with E-state index in [1.165, 1.54) is 87.0 Å². The quantitative estimate of drug-likeness (QED) is 0.162. The predicted molar refractivity (Wildman–Crippen MR) is 257 cm³/mol. The highest BCUT2D eigenvalue weighted by atomic mass is 28.3. The molecule has 4 bridgehead atoms. The lowest BCUT2D eigenvalue weighted by Gasteiger charge is -2.61. The average Bonchev–Trinajstić information content (AvgIpc) is 3.75. The maximum Gasteiger partial charge on any atom is 0.164 e. The lowest BCUT2D eigenvalue weighted by atomic mass is 9.42. The molecular formula is C58H46N4Si. The van der Waals surface area contributed by atoms with Crippen molar-refractivity contribution in [1.29, 1.82) is 5.26 Å². The topological polar surface area (TPSA) is 62.5 Å². The molecule has 63 heavy (non-hydrogen) atoms. The lowest BCUT2D eigenvalue weighted by molar-refractivity contribution is -0.0397. The molecule has 4 saturated carbocycles. The largest absolute Gasteiger partial charge is 0.208 e. The van der Waals surface area contributed by atoms with E-state index in [-0.39, 0.29) is 5.41 Å². The fourth-order valence-corrected chi connectivity index (χ4v) is 16.5. The molecule has 7 aromatic carbocycles. The van der Waals surface area contributed by atoms with E-state index in [0.29, 0.717) is 29.3 Å². The molecule has 0 saturated heterocycles. The van der Waals surface area contributed by atoms with Crippen LogP contribution in [0.5, 0.6) is 0 Å². The monoisotopic (exact) mass is 826 g/mol. The Kier molecular flexibility index (Phi) is 7.97. The van der Waals surface area contributed by atoms with E-state index in [9.17, 15) is 5.26 Å². The first-order valence-corrected chi connectivity index (χ1v) is 25.8. The van der Waals surface area contributed by atoms with Crippen LogP contribution in [0.1, 0.15) is 48.8 Å². The maximum atomic E-state index is 9.80. The molecule has 1 aliphatic heterocycles. The molecule has 302 valence electrons. The Labute approximate surface area is 370 Å². The summed E-state index contributed by atoms with van der Waals surface area (Å²) in [4.78, 5) is 15.1. The van der Waals surface area contributed by atoms with Gasteiger partial charge in [-0.25, -0.2) is 15.0 Å². The van der Waals surface area contributed by atoms with Crippen LogP contribution in [-0.2, 0) is 5.41 Å². The van der Waals surface area contributed by atoms with Crippen molar-refractivity contribution in [2.24, 2.45) is 23.7 Å². The Balaban J connectivity index is 0.955. The molecule has 4 nitrogen and oxygen atoms in total. The Morgan fingerprint density at radius 2 is 1.03 bits per heavy atom. The zero-order chi connectivity index (χ0) is 42.0. The normalized spacial score (nSPS) is 22.6. The number of hydrogen-bond donors (Lipinski definition) is 0. The van der Waals surface area contributed by atoms with Crippen molar-refractivity contribution >= 4 is 18.4 Å². The van der Waals surface area contributed by atoms with E-state index in [2.05, 4.69) is 134 Å². The first-order valence-electron chi connectivity index (χ1n) is 22.8. The number of nitriles is 1. The van der Waals surface area contributed by atoms with Gasteiger partial charge in [0.1, 0.15) is 8.07 Å². The van der Waals surface area contributed by atoms with Crippen molar-refractivity contribution < 1.29 is 0 Å². The molecule has 4 fully saturated rings. The first kappa shape index (κ1) is 36.9. The van der Waals surface area contributed by atoms with Gasteiger partial charge in [-0.1, -0.05) is 147 Å². The Morgan fingerprint density at radius 3 is 1.71 bits per heavy atom. The Hall–Kier alpha value is -6.74. The predicted octanol–water partition coefficient (Wildman–Crippen LogP) is 12.6. The van der Waals surface area contributed by atoms with Gasteiger partial charge in [0.05, 0.1) is 11.6 Å².